The molecule has 16 heavy (non-hydrogen) atoms. The van der Waals surface area contributed by atoms with Gasteiger partial charge < -0.3 is 16.0 Å². The minimum absolute atomic E-state index is 0.493. The van der Waals surface area contributed by atoms with Gasteiger partial charge in [0.1, 0.15) is 0 Å². The van der Waals surface area contributed by atoms with Crippen molar-refractivity contribution in [2.24, 2.45) is 17.1 Å². The van der Waals surface area contributed by atoms with Crippen LogP contribution in [0.15, 0.2) is 0 Å². The van der Waals surface area contributed by atoms with Crippen LogP contribution in [0.2, 0.25) is 0 Å². The number of likely N-dealkylation sites (tertiary alicyclic amines) is 1. The second-order valence-corrected chi connectivity index (χ2v) is 5.92. The summed E-state index contributed by atoms with van der Waals surface area (Å²) in [4.78, 5) is 2.44. The van der Waals surface area contributed by atoms with E-state index in [2.05, 4.69) is 17.3 Å². The maximum atomic E-state index is 5.76. The van der Waals surface area contributed by atoms with Crippen molar-refractivity contribution < 1.29 is 0 Å². The zero-order valence-electron chi connectivity index (χ0n) is 10.7. The van der Waals surface area contributed by atoms with Gasteiger partial charge in [0.25, 0.3) is 0 Å². The molecule has 0 spiro atoms. The van der Waals surface area contributed by atoms with Crippen LogP contribution in [0.3, 0.4) is 0 Å². The van der Waals surface area contributed by atoms with E-state index in [1.807, 2.05) is 0 Å². The van der Waals surface area contributed by atoms with Crippen LogP contribution >= 0.6 is 0 Å². The molecule has 0 aromatic heterocycles. The summed E-state index contributed by atoms with van der Waals surface area (Å²) in [6.45, 7) is 5.79. The van der Waals surface area contributed by atoms with Crippen LogP contribution in [-0.2, 0) is 0 Å². The smallest absolute Gasteiger partial charge is 0.00199 e. The van der Waals surface area contributed by atoms with Crippen molar-refractivity contribution in [1.29, 1.82) is 0 Å². The van der Waals surface area contributed by atoms with Crippen molar-refractivity contribution in [3.05, 3.63) is 0 Å². The molecule has 0 aromatic rings. The average Bonchev–Trinajstić information content (AvgIpc) is 3.08. The quantitative estimate of drug-likeness (QED) is 0.664. The van der Waals surface area contributed by atoms with Gasteiger partial charge >= 0.3 is 0 Å². The Balaban J connectivity index is 1.51. The largest absolute Gasteiger partial charge is 0.330 e. The van der Waals surface area contributed by atoms with Gasteiger partial charge in [0.15, 0.2) is 0 Å². The van der Waals surface area contributed by atoms with Crippen LogP contribution in [-0.4, -0.2) is 44.7 Å². The van der Waals surface area contributed by atoms with Crippen LogP contribution in [0.1, 0.15) is 32.1 Å². The Bertz CT molecular complexity index is 205. The summed E-state index contributed by atoms with van der Waals surface area (Å²) < 4.78 is 0. The molecule has 0 amide bonds. The number of rotatable bonds is 6. The minimum Gasteiger partial charge on any atom is -0.330 e. The maximum absolute atomic E-state index is 5.76. The number of nitrogens with zero attached hydrogens (tertiary/aromatic N) is 1. The molecule has 2 aliphatic rings. The molecule has 0 unspecified atom stereocenters. The van der Waals surface area contributed by atoms with Crippen LogP contribution in [0, 0.1) is 11.3 Å². The third kappa shape index (κ3) is 3.44. The molecule has 2 fully saturated rings. The van der Waals surface area contributed by atoms with E-state index in [0.717, 1.165) is 19.0 Å². The summed E-state index contributed by atoms with van der Waals surface area (Å²) in [7, 11) is 2.23. The van der Waals surface area contributed by atoms with E-state index in [0.29, 0.717) is 5.41 Å². The Kier molecular flexibility index (Phi) is 4.22. The van der Waals surface area contributed by atoms with Crippen LogP contribution in [0.5, 0.6) is 0 Å². The highest BCUT2D eigenvalue weighted by Crippen LogP contribution is 2.43. The standard InChI is InChI=1S/C13H27N3/c1-16-8-3-12(4-9-16)2-7-15-11-13(10-14)5-6-13/h12,15H,2-11,14H2,1H3. The fraction of sp³-hybridized carbons (Fsp3) is 1.00. The molecule has 1 saturated carbocycles. The molecule has 3 heteroatoms. The van der Waals surface area contributed by atoms with Gasteiger partial charge in [0.2, 0.25) is 0 Å². The fourth-order valence-corrected chi connectivity index (χ4v) is 2.64. The molecule has 1 aliphatic heterocycles. The molecule has 0 radical (unpaired) electrons. The molecule has 94 valence electrons. The zero-order chi connectivity index (χ0) is 11.4. The Morgan fingerprint density at radius 3 is 2.56 bits per heavy atom. The summed E-state index contributed by atoms with van der Waals surface area (Å²) >= 11 is 0. The van der Waals surface area contributed by atoms with Gasteiger partial charge in [-0.15, -0.1) is 0 Å². The summed E-state index contributed by atoms with van der Waals surface area (Å²) in [6.07, 6.45) is 6.81. The molecule has 3 N–H and O–H groups in total. The third-order valence-corrected chi connectivity index (χ3v) is 4.46. The molecule has 3 nitrogen and oxygen atoms in total. The van der Waals surface area contributed by atoms with Crippen molar-refractivity contribution in [2.75, 3.05) is 39.8 Å². The van der Waals surface area contributed by atoms with Gasteiger partial charge in [-0.1, -0.05) is 0 Å². The summed E-state index contributed by atoms with van der Waals surface area (Å²) in [6, 6.07) is 0. The Morgan fingerprint density at radius 1 is 1.31 bits per heavy atom. The second-order valence-electron chi connectivity index (χ2n) is 5.92. The normalized spacial score (nSPS) is 25.9. The number of hydrogen-bond acceptors (Lipinski definition) is 3. The van der Waals surface area contributed by atoms with Crippen LogP contribution in [0.4, 0.5) is 0 Å². The van der Waals surface area contributed by atoms with E-state index >= 15 is 0 Å². The van der Waals surface area contributed by atoms with Crippen molar-refractivity contribution in [1.82, 2.24) is 10.2 Å². The first-order valence-electron chi connectivity index (χ1n) is 6.83. The molecule has 1 saturated heterocycles. The Labute approximate surface area is 99.8 Å². The van der Waals surface area contributed by atoms with Crippen molar-refractivity contribution in [2.45, 2.75) is 32.1 Å². The molecular weight excluding hydrogens is 198 g/mol. The van der Waals surface area contributed by atoms with Crippen LogP contribution in [0.25, 0.3) is 0 Å². The zero-order valence-corrected chi connectivity index (χ0v) is 10.7. The second kappa shape index (κ2) is 5.48. The van der Waals surface area contributed by atoms with E-state index in [1.54, 1.807) is 0 Å². The molecule has 0 bridgehead atoms. The Hall–Kier alpha value is -0.120. The lowest BCUT2D eigenvalue weighted by molar-refractivity contribution is 0.211. The first-order valence-corrected chi connectivity index (χ1v) is 6.83. The maximum Gasteiger partial charge on any atom is 0.00199 e. The van der Waals surface area contributed by atoms with Crippen molar-refractivity contribution >= 4 is 0 Å². The third-order valence-electron chi connectivity index (χ3n) is 4.46. The predicted molar refractivity (Wildman–Crippen MR) is 68.4 cm³/mol. The number of nitrogens with one attached hydrogen (secondary N) is 1. The first kappa shape index (κ1) is 12.3. The molecule has 1 heterocycles. The molecule has 0 aromatic carbocycles. The number of nitrogens with two attached hydrogens (primary N) is 1. The van der Waals surface area contributed by atoms with E-state index in [-0.39, 0.29) is 0 Å². The fourth-order valence-electron chi connectivity index (χ4n) is 2.64. The summed E-state index contributed by atoms with van der Waals surface area (Å²) in [5.74, 6) is 0.955. The number of piperidine rings is 1. The van der Waals surface area contributed by atoms with Gasteiger partial charge in [0, 0.05) is 6.54 Å². The van der Waals surface area contributed by atoms with Gasteiger partial charge in [-0.25, -0.2) is 0 Å². The van der Waals surface area contributed by atoms with Crippen molar-refractivity contribution in [3.8, 4) is 0 Å². The van der Waals surface area contributed by atoms with Crippen molar-refractivity contribution in [3.63, 3.8) is 0 Å². The highest BCUT2D eigenvalue weighted by Gasteiger charge is 2.40. The van der Waals surface area contributed by atoms with E-state index in [1.165, 1.54) is 51.7 Å². The highest BCUT2D eigenvalue weighted by molar-refractivity contribution is 4.95. The van der Waals surface area contributed by atoms with E-state index < -0.39 is 0 Å². The Morgan fingerprint density at radius 2 is 2.00 bits per heavy atom. The topological polar surface area (TPSA) is 41.3 Å². The lowest BCUT2D eigenvalue weighted by Gasteiger charge is -2.29. The predicted octanol–water partition coefficient (Wildman–Crippen LogP) is 1.05. The lowest BCUT2D eigenvalue weighted by atomic mass is 9.94. The molecule has 1 aliphatic carbocycles. The minimum atomic E-state index is 0.493. The molecule has 0 atom stereocenters. The molecule has 2 rings (SSSR count). The van der Waals surface area contributed by atoms with Gasteiger partial charge in [-0.2, -0.15) is 0 Å². The summed E-state index contributed by atoms with van der Waals surface area (Å²) in [5, 5.41) is 3.60. The van der Waals surface area contributed by atoms with Gasteiger partial charge in [-0.3, -0.25) is 0 Å². The highest BCUT2D eigenvalue weighted by atomic mass is 15.1. The average molecular weight is 225 g/mol. The first-order chi connectivity index (χ1) is 7.74. The van der Waals surface area contributed by atoms with Gasteiger partial charge in [0.05, 0.1) is 0 Å². The van der Waals surface area contributed by atoms with E-state index in [9.17, 15) is 0 Å². The number of hydrogen-bond donors (Lipinski definition) is 2. The van der Waals surface area contributed by atoms with E-state index in [4.69, 9.17) is 5.73 Å². The SMILES string of the molecule is CN1CCC(CCNCC2(CN)CC2)CC1. The van der Waals surface area contributed by atoms with Gasteiger partial charge in [-0.05, 0) is 76.7 Å². The van der Waals surface area contributed by atoms with Crippen LogP contribution < -0.4 is 11.1 Å². The summed E-state index contributed by atoms with van der Waals surface area (Å²) in [5.41, 5.74) is 6.26. The molecular formula is C13H27N3. The monoisotopic (exact) mass is 225 g/mol. The lowest BCUT2D eigenvalue weighted by Crippen LogP contribution is -2.33.